The van der Waals surface area contributed by atoms with E-state index >= 15 is 0 Å². The molecule has 4 rings (SSSR count). The van der Waals surface area contributed by atoms with E-state index in [2.05, 4.69) is 5.32 Å². The molecule has 3 aromatic carbocycles. The number of carbonyl (C=O) groups excluding carboxylic acids is 2. The molecule has 0 bridgehead atoms. The molecule has 1 saturated carbocycles. The first-order valence-corrected chi connectivity index (χ1v) is 13.4. The Hall–Kier alpha value is -3.31. The average Bonchev–Trinajstić information content (AvgIpc) is 2.91. The van der Waals surface area contributed by atoms with Crippen molar-refractivity contribution in [1.82, 2.24) is 10.2 Å². The largest absolute Gasteiger partial charge is 0.484 e. The third-order valence-electron chi connectivity index (χ3n) is 6.87. The first-order chi connectivity index (χ1) is 18.0. The van der Waals surface area contributed by atoms with Gasteiger partial charge in [0.25, 0.3) is 5.91 Å². The standard InChI is InChI=1S/C31H35ClN2O3/c1-23-11-10-17-27(19-23)37-22-30(35)34(21-25-14-8-9-18-28(25)32)29(20-24-12-4-2-5-13-24)31(36)33-26-15-6-3-7-16-26/h2,4-5,8-14,17-19,26,29H,3,6-7,15-16,20-22H2,1H3,(H,33,36)/t29-/m1/s1. The number of hydrogen-bond acceptors (Lipinski definition) is 3. The van der Waals surface area contributed by atoms with Crippen molar-refractivity contribution in [3.05, 3.63) is 101 Å². The minimum absolute atomic E-state index is 0.133. The van der Waals surface area contributed by atoms with Gasteiger partial charge >= 0.3 is 0 Å². The fourth-order valence-electron chi connectivity index (χ4n) is 4.84. The van der Waals surface area contributed by atoms with Crippen LogP contribution in [0.15, 0.2) is 78.9 Å². The Morgan fingerprint density at radius 2 is 1.70 bits per heavy atom. The second-order valence-electron chi connectivity index (χ2n) is 9.77. The number of amides is 2. The van der Waals surface area contributed by atoms with E-state index in [1.807, 2.05) is 79.7 Å². The van der Waals surface area contributed by atoms with Gasteiger partial charge in [0, 0.05) is 24.0 Å². The lowest BCUT2D eigenvalue weighted by molar-refractivity contribution is -0.143. The van der Waals surface area contributed by atoms with Crippen LogP contribution in [-0.4, -0.2) is 35.4 Å². The molecule has 1 fully saturated rings. The predicted molar refractivity (Wildman–Crippen MR) is 148 cm³/mol. The summed E-state index contributed by atoms with van der Waals surface area (Å²) in [7, 11) is 0. The van der Waals surface area contributed by atoms with E-state index < -0.39 is 6.04 Å². The van der Waals surface area contributed by atoms with Gasteiger partial charge in [-0.05, 0) is 54.7 Å². The number of nitrogens with zero attached hydrogens (tertiary/aromatic N) is 1. The second kappa shape index (κ2) is 13.3. The van der Waals surface area contributed by atoms with E-state index in [0.717, 1.165) is 42.4 Å². The van der Waals surface area contributed by atoms with Gasteiger partial charge in [0.05, 0.1) is 0 Å². The van der Waals surface area contributed by atoms with Gasteiger partial charge in [0.2, 0.25) is 5.91 Å². The Balaban J connectivity index is 1.62. The molecule has 0 aromatic heterocycles. The molecule has 0 spiro atoms. The summed E-state index contributed by atoms with van der Waals surface area (Å²) in [5.41, 5.74) is 2.83. The van der Waals surface area contributed by atoms with Gasteiger partial charge in [-0.15, -0.1) is 0 Å². The SMILES string of the molecule is Cc1cccc(OCC(=O)N(Cc2ccccc2Cl)[C@H](Cc2ccccc2)C(=O)NC2CCCCC2)c1. The average molecular weight is 519 g/mol. The van der Waals surface area contributed by atoms with Crippen LogP contribution in [0.5, 0.6) is 5.75 Å². The highest BCUT2D eigenvalue weighted by Crippen LogP contribution is 2.22. The van der Waals surface area contributed by atoms with E-state index in [1.54, 1.807) is 11.0 Å². The third kappa shape index (κ3) is 7.83. The molecule has 0 unspecified atom stereocenters. The Labute approximate surface area is 224 Å². The van der Waals surface area contributed by atoms with Crippen LogP contribution in [0.3, 0.4) is 0 Å². The first kappa shape index (κ1) is 26.7. The smallest absolute Gasteiger partial charge is 0.261 e. The lowest BCUT2D eigenvalue weighted by Crippen LogP contribution is -2.53. The molecule has 2 amide bonds. The second-order valence-corrected chi connectivity index (χ2v) is 10.2. The zero-order valence-electron chi connectivity index (χ0n) is 21.4. The molecule has 1 aliphatic carbocycles. The summed E-state index contributed by atoms with van der Waals surface area (Å²) in [4.78, 5) is 29.1. The predicted octanol–water partition coefficient (Wildman–Crippen LogP) is 6.12. The van der Waals surface area contributed by atoms with E-state index in [9.17, 15) is 9.59 Å². The van der Waals surface area contributed by atoms with Crippen molar-refractivity contribution < 1.29 is 14.3 Å². The Morgan fingerprint density at radius 1 is 0.973 bits per heavy atom. The van der Waals surface area contributed by atoms with Crippen molar-refractivity contribution in [1.29, 1.82) is 0 Å². The molecular formula is C31H35ClN2O3. The Kier molecular flexibility index (Phi) is 9.61. The summed E-state index contributed by atoms with van der Waals surface area (Å²) in [6.45, 7) is 2.02. The molecule has 194 valence electrons. The van der Waals surface area contributed by atoms with Crippen LogP contribution in [0.2, 0.25) is 5.02 Å². The molecule has 0 saturated heterocycles. The number of ether oxygens (including phenoxy) is 1. The summed E-state index contributed by atoms with van der Waals surface area (Å²) in [6.07, 6.45) is 5.77. The van der Waals surface area contributed by atoms with Crippen molar-refractivity contribution in [2.45, 2.75) is 64.1 Å². The van der Waals surface area contributed by atoms with Gasteiger partial charge in [0.1, 0.15) is 11.8 Å². The quantitative estimate of drug-likeness (QED) is 0.352. The molecule has 0 heterocycles. The molecule has 1 aliphatic rings. The maximum Gasteiger partial charge on any atom is 0.261 e. The van der Waals surface area contributed by atoms with Gasteiger partial charge in [-0.1, -0.05) is 91.5 Å². The monoisotopic (exact) mass is 518 g/mol. The van der Waals surface area contributed by atoms with Crippen molar-refractivity contribution >= 4 is 23.4 Å². The van der Waals surface area contributed by atoms with Crippen molar-refractivity contribution in [3.63, 3.8) is 0 Å². The van der Waals surface area contributed by atoms with Crippen molar-refractivity contribution in [3.8, 4) is 5.75 Å². The van der Waals surface area contributed by atoms with E-state index in [-0.39, 0.29) is 31.0 Å². The normalized spacial score (nSPS) is 14.5. The first-order valence-electron chi connectivity index (χ1n) is 13.1. The molecule has 3 aromatic rings. The molecule has 0 aliphatic heterocycles. The van der Waals surface area contributed by atoms with Crippen LogP contribution in [0.1, 0.15) is 48.8 Å². The van der Waals surface area contributed by atoms with E-state index in [1.165, 1.54) is 6.42 Å². The minimum atomic E-state index is -0.700. The van der Waals surface area contributed by atoms with Crippen LogP contribution >= 0.6 is 11.6 Å². The fourth-order valence-corrected chi connectivity index (χ4v) is 5.04. The maximum absolute atomic E-state index is 13.8. The fraction of sp³-hybridized carbons (Fsp3) is 0.355. The van der Waals surface area contributed by atoms with Crippen LogP contribution < -0.4 is 10.1 Å². The summed E-state index contributed by atoms with van der Waals surface area (Å²) in [5, 5.41) is 3.81. The molecule has 1 N–H and O–H groups in total. The van der Waals surface area contributed by atoms with E-state index in [0.29, 0.717) is 17.2 Å². The minimum Gasteiger partial charge on any atom is -0.484 e. The summed E-state index contributed by atoms with van der Waals surface area (Å²) >= 11 is 6.49. The van der Waals surface area contributed by atoms with Crippen molar-refractivity contribution in [2.75, 3.05) is 6.61 Å². The van der Waals surface area contributed by atoms with E-state index in [4.69, 9.17) is 16.3 Å². The number of hydrogen-bond donors (Lipinski definition) is 1. The topological polar surface area (TPSA) is 58.6 Å². The Bertz CT molecular complexity index is 1180. The van der Waals surface area contributed by atoms with Gasteiger partial charge in [0.15, 0.2) is 6.61 Å². The lowest BCUT2D eigenvalue weighted by atomic mass is 9.94. The number of benzene rings is 3. The zero-order chi connectivity index (χ0) is 26.0. The lowest BCUT2D eigenvalue weighted by Gasteiger charge is -2.33. The number of rotatable bonds is 10. The Morgan fingerprint density at radius 3 is 2.43 bits per heavy atom. The van der Waals surface area contributed by atoms with Crippen LogP contribution in [-0.2, 0) is 22.6 Å². The molecule has 1 atom stereocenters. The third-order valence-corrected chi connectivity index (χ3v) is 7.24. The maximum atomic E-state index is 13.8. The highest BCUT2D eigenvalue weighted by Gasteiger charge is 2.32. The molecule has 5 nitrogen and oxygen atoms in total. The summed E-state index contributed by atoms with van der Waals surface area (Å²) < 4.78 is 5.87. The van der Waals surface area contributed by atoms with Crippen molar-refractivity contribution in [2.24, 2.45) is 0 Å². The summed E-state index contributed by atoms with van der Waals surface area (Å²) in [5.74, 6) is 0.227. The molecular weight excluding hydrogens is 484 g/mol. The van der Waals surface area contributed by atoms with Crippen LogP contribution in [0, 0.1) is 6.92 Å². The van der Waals surface area contributed by atoms with Crippen LogP contribution in [0.25, 0.3) is 0 Å². The summed E-state index contributed by atoms with van der Waals surface area (Å²) in [6, 6.07) is 24.3. The zero-order valence-corrected chi connectivity index (χ0v) is 22.1. The van der Waals surface area contributed by atoms with Gasteiger partial charge in [-0.2, -0.15) is 0 Å². The number of halogens is 1. The molecule has 0 radical (unpaired) electrons. The van der Waals surface area contributed by atoms with Gasteiger partial charge in [-0.3, -0.25) is 9.59 Å². The number of carbonyl (C=O) groups is 2. The van der Waals surface area contributed by atoms with Gasteiger partial charge in [-0.25, -0.2) is 0 Å². The molecule has 6 heteroatoms. The van der Waals surface area contributed by atoms with Gasteiger partial charge < -0.3 is 15.0 Å². The highest BCUT2D eigenvalue weighted by atomic mass is 35.5. The number of aryl methyl sites for hydroxylation is 1. The molecule has 37 heavy (non-hydrogen) atoms. The highest BCUT2D eigenvalue weighted by molar-refractivity contribution is 6.31. The van der Waals surface area contributed by atoms with Crippen LogP contribution in [0.4, 0.5) is 0 Å². The number of nitrogens with one attached hydrogen (secondary N) is 1.